The third-order valence-corrected chi connectivity index (χ3v) is 2.55. The lowest BCUT2D eigenvalue weighted by Crippen LogP contribution is -2.07. The molecule has 0 saturated heterocycles. The van der Waals surface area contributed by atoms with Gasteiger partial charge in [0.05, 0.1) is 16.6 Å². The zero-order chi connectivity index (χ0) is 11.4. The molecule has 0 spiro atoms. The third-order valence-electron chi connectivity index (χ3n) is 1.73. The number of esters is 1. The molecule has 0 fully saturated rings. The van der Waals surface area contributed by atoms with Gasteiger partial charge in [0.2, 0.25) is 0 Å². The summed E-state index contributed by atoms with van der Waals surface area (Å²) in [5.74, 6) is -1.51. The van der Waals surface area contributed by atoms with Gasteiger partial charge in [0.15, 0.2) is 11.6 Å². The van der Waals surface area contributed by atoms with E-state index in [1.54, 1.807) is 35.6 Å². The van der Waals surface area contributed by atoms with Crippen LogP contribution in [-0.4, -0.2) is 17.7 Å². The fourth-order valence-electron chi connectivity index (χ4n) is 1.10. The molecule has 0 amide bonds. The predicted octanol–water partition coefficient (Wildman–Crippen LogP) is 2.24. The van der Waals surface area contributed by atoms with Gasteiger partial charge < -0.3 is 9.84 Å². The van der Waals surface area contributed by atoms with Gasteiger partial charge in [-0.05, 0) is 47.2 Å². The highest BCUT2D eigenvalue weighted by Crippen LogP contribution is 2.24. The molecule has 82 valence electrons. The number of halogens is 2. The summed E-state index contributed by atoms with van der Waals surface area (Å²) < 4.78 is 18.2. The molecule has 0 bridgehead atoms. The number of hydrogen-bond acceptors (Lipinski definition) is 3. The van der Waals surface area contributed by atoms with E-state index in [0.29, 0.717) is 15.7 Å². The van der Waals surface area contributed by atoms with Gasteiger partial charge in [-0.2, -0.15) is 0 Å². The van der Waals surface area contributed by atoms with Crippen molar-refractivity contribution in [1.82, 2.24) is 0 Å². The van der Waals surface area contributed by atoms with Gasteiger partial charge in [0.1, 0.15) is 0 Å². The first kappa shape index (κ1) is 12.2. The van der Waals surface area contributed by atoms with E-state index in [2.05, 4.69) is 0 Å². The van der Waals surface area contributed by atoms with Crippen LogP contribution in [0.2, 0.25) is 0 Å². The van der Waals surface area contributed by atoms with Crippen LogP contribution in [0.3, 0.4) is 0 Å². The molecule has 0 aliphatic carbocycles. The molecule has 0 saturated carbocycles. The fraction of sp³-hybridized carbons (Fsp3) is 0.300. The molecule has 15 heavy (non-hydrogen) atoms. The molecule has 0 unspecified atom stereocenters. The Labute approximate surface area is 100 Å². The van der Waals surface area contributed by atoms with E-state index < -0.39 is 11.8 Å². The maximum absolute atomic E-state index is 13.1. The highest BCUT2D eigenvalue weighted by Gasteiger charge is 2.10. The van der Waals surface area contributed by atoms with Gasteiger partial charge in [0, 0.05) is 0 Å². The van der Waals surface area contributed by atoms with Crippen molar-refractivity contribution in [2.75, 3.05) is 6.61 Å². The Morgan fingerprint density at radius 2 is 2.27 bits per heavy atom. The van der Waals surface area contributed by atoms with Crippen LogP contribution in [0.25, 0.3) is 0 Å². The lowest BCUT2D eigenvalue weighted by molar-refractivity contribution is -0.142. The Morgan fingerprint density at radius 1 is 1.60 bits per heavy atom. The van der Waals surface area contributed by atoms with Crippen LogP contribution in [0, 0.1) is 9.39 Å². The second kappa shape index (κ2) is 5.29. The third kappa shape index (κ3) is 3.33. The molecule has 0 atom stereocenters. The maximum atomic E-state index is 13.1. The molecule has 0 radical (unpaired) electrons. The lowest BCUT2D eigenvalue weighted by atomic mass is 10.1. The van der Waals surface area contributed by atoms with Crippen LogP contribution < -0.4 is 0 Å². The smallest absolute Gasteiger partial charge is 0.310 e. The number of ether oxygens (including phenoxy) is 1. The zero-order valence-corrected chi connectivity index (χ0v) is 10.2. The molecule has 1 aromatic carbocycles. The first-order chi connectivity index (χ1) is 7.04. The molecule has 3 nitrogen and oxygen atoms in total. The topological polar surface area (TPSA) is 46.5 Å². The van der Waals surface area contributed by atoms with Crippen molar-refractivity contribution < 1.29 is 19.0 Å². The molecule has 0 heterocycles. The van der Waals surface area contributed by atoms with Crippen molar-refractivity contribution in [1.29, 1.82) is 0 Å². The van der Waals surface area contributed by atoms with Crippen LogP contribution in [-0.2, 0) is 16.0 Å². The molecule has 5 heteroatoms. The van der Waals surface area contributed by atoms with Crippen LogP contribution in [0.4, 0.5) is 4.39 Å². The summed E-state index contributed by atoms with van der Waals surface area (Å²) in [6.07, 6.45) is 0.0149. The van der Waals surface area contributed by atoms with Crippen molar-refractivity contribution in [3.63, 3.8) is 0 Å². The first-order valence-corrected chi connectivity index (χ1v) is 5.45. The van der Waals surface area contributed by atoms with Crippen LogP contribution >= 0.6 is 22.6 Å². The Bertz CT molecular complexity index is 356. The van der Waals surface area contributed by atoms with Gasteiger partial charge in [-0.1, -0.05) is 0 Å². The molecule has 0 aliphatic rings. The molecule has 1 aromatic rings. The summed E-state index contributed by atoms with van der Waals surface area (Å²) >= 11 is 1.80. The van der Waals surface area contributed by atoms with Crippen molar-refractivity contribution in [2.45, 2.75) is 13.3 Å². The number of hydrogen-bond donors (Lipinski definition) is 1. The van der Waals surface area contributed by atoms with E-state index >= 15 is 0 Å². The number of rotatable bonds is 3. The van der Waals surface area contributed by atoms with Crippen LogP contribution in [0.15, 0.2) is 12.1 Å². The van der Waals surface area contributed by atoms with Crippen molar-refractivity contribution in [3.8, 4) is 5.75 Å². The maximum Gasteiger partial charge on any atom is 0.310 e. The lowest BCUT2D eigenvalue weighted by Gasteiger charge is -2.04. The largest absolute Gasteiger partial charge is 0.504 e. The standard InChI is InChI=1S/C10H10FIO3/c1-2-15-9(13)5-6-3-7(11)10(14)8(12)4-6/h3-4,14H,2,5H2,1H3. The highest BCUT2D eigenvalue weighted by molar-refractivity contribution is 14.1. The molecule has 0 aliphatic heterocycles. The Morgan fingerprint density at radius 3 is 2.80 bits per heavy atom. The first-order valence-electron chi connectivity index (χ1n) is 4.37. The second-order valence-corrected chi connectivity index (χ2v) is 4.05. The minimum absolute atomic E-state index is 0.0149. The van der Waals surface area contributed by atoms with E-state index in [1.165, 1.54) is 0 Å². The summed E-state index contributed by atoms with van der Waals surface area (Å²) in [6.45, 7) is 2.01. The minimum atomic E-state index is -0.721. The van der Waals surface area contributed by atoms with Crippen molar-refractivity contribution in [3.05, 3.63) is 27.1 Å². The van der Waals surface area contributed by atoms with Crippen molar-refractivity contribution in [2.24, 2.45) is 0 Å². The monoisotopic (exact) mass is 324 g/mol. The molecular weight excluding hydrogens is 314 g/mol. The Hall–Kier alpha value is -0.850. The normalized spacial score (nSPS) is 10.1. The minimum Gasteiger partial charge on any atom is -0.504 e. The van der Waals surface area contributed by atoms with Gasteiger partial charge in [-0.3, -0.25) is 4.79 Å². The van der Waals surface area contributed by atoms with Crippen molar-refractivity contribution >= 4 is 28.6 Å². The van der Waals surface area contributed by atoms with E-state index in [4.69, 9.17) is 9.84 Å². The number of carbonyl (C=O) groups is 1. The average molecular weight is 324 g/mol. The number of aromatic hydroxyl groups is 1. The van der Waals surface area contributed by atoms with E-state index in [1.807, 2.05) is 0 Å². The van der Waals surface area contributed by atoms with Crippen LogP contribution in [0.5, 0.6) is 5.75 Å². The summed E-state index contributed by atoms with van der Waals surface area (Å²) in [7, 11) is 0. The summed E-state index contributed by atoms with van der Waals surface area (Å²) in [5, 5.41) is 9.17. The van der Waals surface area contributed by atoms with Gasteiger partial charge in [-0.25, -0.2) is 4.39 Å². The molecule has 1 N–H and O–H groups in total. The number of carbonyl (C=O) groups excluding carboxylic acids is 1. The van der Waals surface area contributed by atoms with Gasteiger partial charge >= 0.3 is 5.97 Å². The molecular formula is C10H10FIO3. The van der Waals surface area contributed by atoms with Gasteiger partial charge in [0.25, 0.3) is 0 Å². The second-order valence-electron chi connectivity index (χ2n) is 2.89. The fourth-order valence-corrected chi connectivity index (χ4v) is 1.76. The quantitative estimate of drug-likeness (QED) is 0.685. The Kier molecular flexibility index (Phi) is 4.31. The van der Waals surface area contributed by atoms with E-state index in [9.17, 15) is 9.18 Å². The highest BCUT2D eigenvalue weighted by atomic mass is 127. The summed E-state index contributed by atoms with van der Waals surface area (Å²) in [4.78, 5) is 11.1. The van der Waals surface area contributed by atoms with Gasteiger partial charge in [-0.15, -0.1) is 0 Å². The number of phenols is 1. The number of phenolic OH excluding ortho intramolecular Hbond substituents is 1. The summed E-state index contributed by atoms with van der Waals surface area (Å²) in [6, 6.07) is 2.68. The van der Waals surface area contributed by atoms with Crippen LogP contribution in [0.1, 0.15) is 12.5 Å². The SMILES string of the molecule is CCOC(=O)Cc1cc(F)c(O)c(I)c1. The molecule has 0 aromatic heterocycles. The Balaban J connectivity index is 2.83. The molecule has 1 rings (SSSR count). The summed E-state index contributed by atoms with van der Waals surface area (Å²) in [5.41, 5.74) is 0.494. The zero-order valence-electron chi connectivity index (χ0n) is 8.09. The van der Waals surface area contributed by atoms with E-state index in [0.717, 1.165) is 6.07 Å². The van der Waals surface area contributed by atoms with E-state index in [-0.39, 0.29) is 12.2 Å². The number of benzene rings is 1. The predicted molar refractivity (Wildman–Crippen MR) is 61.1 cm³/mol. The average Bonchev–Trinajstić information content (AvgIpc) is 2.14.